The van der Waals surface area contributed by atoms with E-state index in [1.807, 2.05) is 18.2 Å². The van der Waals surface area contributed by atoms with Gasteiger partial charge in [-0.05, 0) is 68.5 Å². The average molecular weight is 447 g/mol. The molecule has 1 saturated heterocycles. The molecule has 1 unspecified atom stereocenters. The molecule has 1 atom stereocenters. The normalized spacial score (nSPS) is 17.3. The fourth-order valence-electron chi connectivity index (χ4n) is 4.26. The van der Waals surface area contributed by atoms with Crippen molar-refractivity contribution in [1.82, 2.24) is 26.0 Å². The summed E-state index contributed by atoms with van der Waals surface area (Å²) in [6.45, 7) is 1.78. The van der Waals surface area contributed by atoms with Crippen molar-refractivity contribution in [3.8, 4) is 0 Å². The second kappa shape index (κ2) is 9.50. The molecule has 5 rings (SSSR count). The Labute approximate surface area is 191 Å². The van der Waals surface area contributed by atoms with Gasteiger partial charge in [0.1, 0.15) is 5.76 Å². The van der Waals surface area contributed by atoms with Gasteiger partial charge in [0.15, 0.2) is 5.69 Å². The predicted octanol–water partition coefficient (Wildman–Crippen LogP) is 3.07. The summed E-state index contributed by atoms with van der Waals surface area (Å²) in [5, 5.41) is 20.9. The fourth-order valence-corrected chi connectivity index (χ4v) is 4.26. The van der Waals surface area contributed by atoms with Gasteiger partial charge in [-0.3, -0.25) is 9.59 Å². The van der Waals surface area contributed by atoms with E-state index in [0.717, 1.165) is 50.1 Å². The molecule has 0 spiro atoms. The molecule has 2 aromatic heterocycles. The van der Waals surface area contributed by atoms with Crippen LogP contribution < -0.4 is 16.0 Å². The lowest BCUT2D eigenvalue weighted by molar-refractivity contribution is 0.0904. The van der Waals surface area contributed by atoms with E-state index in [1.165, 1.54) is 12.4 Å². The zero-order valence-electron chi connectivity index (χ0n) is 18.2. The summed E-state index contributed by atoms with van der Waals surface area (Å²) in [6, 6.07) is 10.6. The highest BCUT2D eigenvalue weighted by Gasteiger charge is 2.31. The van der Waals surface area contributed by atoms with Crippen LogP contribution in [0, 0.1) is 5.92 Å². The highest BCUT2D eigenvalue weighted by Crippen LogP contribution is 2.40. The largest absolute Gasteiger partial charge is 0.360 e. The molecular weight excluding hydrogens is 420 g/mol. The van der Waals surface area contributed by atoms with Crippen molar-refractivity contribution in [2.75, 3.05) is 18.4 Å². The number of nitrogens with one attached hydrogen (secondary N) is 3. The van der Waals surface area contributed by atoms with Gasteiger partial charge in [-0.2, -0.15) is 10.2 Å². The van der Waals surface area contributed by atoms with E-state index in [9.17, 15) is 9.59 Å². The lowest BCUT2D eigenvalue weighted by Crippen LogP contribution is -2.39. The van der Waals surface area contributed by atoms with Crippen molar-refractivity contribution in [3.63, 3.8) is 0 Å². The van der Waals surface area contributed by atoms with Crippen LogP contribution in [-0.4, -0.2) is 40.3 Å². The Balaban J connectivity index is 1.37. The smallest absolute Gasteiger partial charge is 0.273 e. The zero-order valence-corrected chi connectivity index (χ0v) is 18.2. The number of piperidine rings is 1. The van der Waals surface area contributed by atoms with E-state index in [0.29, 0.717) is 22.9 Å². The topological polar surface area (TPSA) is 122 Å². The summed E-state index contributed by atoms with van der Waals surface area (Å²) < 4.78 is 5.37. The summed E-state index contributed by atoms with van der Waals surface area (Å²) in [7, 11) is 0. The number of aromatic nitrogens is 3. The van der Waals surface area contributed by atoms with E-state index in [2.05, 4.69) is 31.3 Å². The summed E-state index contributed by atoms with van der Waals surface area (Å²) in [5.41, 5.74) is 2.27. The number of anilines is 1. The number of hydrogen-bond donors (Lipinski definition) is 3. The van der Waals surface area contributed by atoms with E-state index >= 15 is 0 Å². The first-order valence-corrected chi connectivity index (χ1v) is 11.3. The van der Waals surface area contributed by atoms with Gasteiger partial charge in [-0.15, -0.1) is 0 Å². The maximum Gasteiger partial charge on any atom is 0.273 e. The third kappa shape index (κ3) is 5.09. The molecule has 1 saturated carbocycles. The molecule has 3 N–H and O–H groups in total. The minimum atomic E-state index is -0.258. The number of rotatable bonds is 7. The van der Waals surface area contributed by atoms with Crippen molar-refractivity contribution in [2.45, 2.75) is 37.6 Å². The van der Waals surface area contributed by atoms with Crippen LogP contribution in [0.15, 0.2) is 53.3 Å². The monoisotopic (exact) mass is 446 g/mol. The first-order valence-electron chi connectivity index (χ1n) is 11.3. The molecule has 9 heteroatoms. The number of amides is 2. The van der Waals surface area contributed by atoms with Crippen molar-refractivity contribution < 1.29 is 14.1 Å². The van der Waals surface area contributed by atoms with Crippen LogP contribution in [0.25, 0.3) is 0 Å². The van der Waals surface area contributed by atoms with Crippen molar-refractivity contribution >= 4 is 17.5 Å². The standard InChI is InChI=1S/C24H26N6O3/c31-23(28-19-8-11-26-27-14-19)18-3-1-2-17(12-18)22(16-6-9-25-10-7-16)29-24(32)20-13-21(33-30-20)15-4-5-15/h1-3,8,11-16,22,25H,4-7,9-10H2,(H,29,32)(H,26,28,31). The summed E-state index contributed by atoms with van der Waals surface area (Å²) in [5.74, 6) is 0.915. The first kappa shape index (κ1) is 21.3. The SMILES string of the molecule is O=C(Nc1ccnnc1)c1cccc(C(NC(=O)c2cc(C3CC3)on2)C2CCNCC2)c1. The molecule has 3 aromatic rings. The molecule has 170 valence electrons. The quantitative estimate of drug-likeness (QED) is 0.510. The maximum absolute atomic E-state index is 13.0. The lowest BCUT2D eigenvalue weighted by Gasteiger charge is -2.31. The minimum Gasteiger partial charge on any atom is -0.360 e. The van der Waals surface area contributed by atoms with Crippen LogP contribution in [0.3, 0.4) is 0 Å². The molecule has 1 aliphatic heterocycles. The highest BCUT2D eigenvalue weighted by molar-refractivity contribution is 6.04. The van der Waals surface area contributed by atoms with Crippen LogP contribution in [0.2, 0.25) is 0 Å². The molecule has 0 radical (unpaired) electrons. The molecule has 1 aromatic carbocycles. The van der Waals surface area contributed by atoms with E-state index < -0.39 is 0 Å². The molecule has 3 heterocycles. The minimum absolute atomic E-state index is 0.240. The second-order valence-corrected chi connectivity index (χ2v) is 8.64. The molecule has 0 bridgehead atoms. The molecule has 1 aliphatic carbocycles. The Hall–Kier alpha value is -3.59. The number of benzene rings is 1. The Morgan fingerprint density at radius 1 is 1.03 bits per heavy atom. The van der Waals surface area contributed by atoms with Crippen LogP contribution >= 0.6 is 0 Å². The second-order valence-electron chi connectivity index (χ2n) is 8.64. The van der Waals surface area contributed by atoms with E-state index in [-0.39, 0.29) is 23.8 Å². The van der Waals surface area contributed by atoms with Gasteiger partial charge in [0, 0.05) is 17.5 Å². The third-order valence-corrected chi connectivity index (χ3v) is 6.23. The van der Waals surface area contributed by atoms with Crippen LogP contribution in [0.4, 0.5) is 5.69 Å². The first-order chi connectivity index (χ1) is 16.2. The highest BCUT2D eigenvalue weighted by atomic mass is 16.5. The molecular formula is C24H26N6O3. The Morgan fingerprint density at radius 3 is 2.64 bits per heavy atom. The van der Waals surface area contributed by atoms with Gasteiger partial charge in [0.25, 0.3) is 11.8 Å². The average Bonchev–Trinajstić information content (AvgIpc) is 3.59. The predicted molar refractivity (Wildman–Crippen MR) is 121 cm³/mol. The van der Waals surface area contributed by atoms with Crippen LogP contribution in [0.5, 0.6) is 0 Å². The fraction of sp³-hybridized carbons (Fsp3) is 0.375. The van der Waals surface area contributed by atoms with Crippen molar-refractivity contribution in [2.24, 2.45) is 5.92 Å². The molecule has 9 nitrogen and oxygen atoms in total. The molecule has 33 heavy (non-hydrogen) atoms. The zero-order chi connectivity index (χ0) is 22.6. The van der Waals surface area contributed by atoms with E-state index in [4.69, 9.17) is 4.52 Å². The Morgan fingerprint density at radius 2 is 1.88 bits per heavy atom. The van der Waals surface area contributed by atoms with Gasteiger partial charge in [0.2, 0.25) is 0 Å². The van der Waals surface area contributed by atoms with Gasteiger partial charge in [0.05, 0.1) is 24.1 Å². The number of hydrogen-bond acceptors (Lipinski definition) is 7. The van der Waals surface area contributed by atoms with Gasteiger partial charge < -0.3 is 20.5 Å². The summed E-state index contributed by atoms with van der Waals surface area (Å²) >= 11 is 0. The summed E-state index contributed by atoms with van der Waals surface area (Å²) in [6.07, 6.45) is 7.03. The summed E-state index contributed by atoms with van der Waals surface area (Å²) in [4.78, 5) is 25.8. The maximum atomic E-state index is 13.0. The molecule has 2 amide bonds. The lowest BCUT2D eigenvalue weighted by atomic mass is 9.85. The van der Waals surface area contributed by atoms with Crippen molar-refractivity contribution in [1.29, 1.82) is 0 Å². The number of nitrogens with zero attached hydrogens (tertiary/aromatic N) is 3. The van der Waals surface area contributed by atoms with Crippen LogP contribution in [-0.2, 0) is 0 Å². The Kier molecular flexibility index (Phi) is 6.12. The third-order valence-electron chi connectivity index (χ3n) is 6.23. The van der Waals surface area contributed by atoms with E-state index in [1.54, 1.807) is 18.2 Å². The number of carbonyl (C=O) groups excluding carboxylic acids is 2. The van der Waals surface area contributed by atoms with Crippen molar-refractivity contribution in [3.05, 3.63) is 71.4 Å². The van der Waals surface area contributed by atoms with Gasteiger partial charge in [-0.25, -0.2) is 0 Å². The number of carbonyl (C=O) groups is 2. The van der Waals surface area contributed by atoms with Crippen LogP contribution in [0.1, 0.15) is 69.8 Å². The molecule has 2 fully saturated rings. The Bertz CT molecular complexity index is 1120. The van der Waals surface area contributed by atoms with Gasteiger partial charge in [-0.1, -0.05) is 17.3 Å². The van der Waals surface area contributed by atoms with Gasteiger partial charge >= 0.3 is 0 Å². The molecule has 2 aliphatic rings.